The Bertz CT molecular complexity index is 1260. The number of hydrogen-bond donors (Lipinski definition) is 1. The molecule has 0 saturated carbocycles. The van der Waals surface area contributed by atoms with Crippen molar-refractivity contribution >= 4 is 28.6 Å². The first-order valence-corrected chi connectivity index (χ1v) is 10.3. The van der Waals surface area contributed by atoms with Crippen LogP contribution in [0.4, 0.5) is 5.69 Å². The van der Waals surface area contributed by atoms with Gasteiger partial charge in [-0.2, -0.15) is 0 Å². The van der Waals surface area contributed by atoms with E-state index in [1.807, 2.05) is 60.7 Å². The fourth-order valence-electron chi connectivity index (χ4n) is 4.01. The van der Waals surface area contributed by atoms with E-state index in [2.05, 4.69) is 9.97 Å². The van der Waals surface area contributed by atoms with Gasteiger partial charge in [0.25, 0.3) is 5.91 Å². The van der Waals surface area contributed by atoms with Gasteiger partial charge in [-0.15, -0.1) is 0 Å². The van der Waals surface area contributed by atoms with Crippen molar-refractivity contribution in [2.24, 2.45) is 0 Å². The summed E-state index contributed by atoms with van der Waals surface area (Å²) in [6.45, 7) is 2.21. The Labute approximate surface area is 179 Å². The summed E-state index contributed by atoms with van der Waals surface area (Å²) in [5.41, 5.74) is 4.72. The van der Waals surface area contributed by atoms with Crippen LogP contribution >= 0.6 is 0 Å². The summed E-state index contributed by atoms with van der Waals surface area (Å²) in [5, 5.41) is 0. The van der Waals surface area contributed by atoms with Gasteiger partial charge >= 0.3 is 5.97 Å². The van der Waals surface area contributed by atoms with Crippen molar-refractivity contribution in [1.29, 1.82) is 0 Å². The van der Waals surface area contributed by atoms with Gasteiger partial charge in [-0.3, -0.25) is 4.79 Å². The van der Waals surface area contributed by atoms with Crippen molar-refractivity contribution in [1.82, 2.24) is 9.97 Å². The second-order valence-electron chi connectivity index (χ2n) is 7.56. The Morgan fingerprint density at radius 2 is 1.74 bits per heavy atom. The number of H-pyrrole nitrogens is 1. The van der Waals surface area contributed by atoms with Gasteiger partial charge in [0.2, 0.25) is 0 Å². The van der Waals surface area contributed by atoms with Crippen LogP contribution in [0.1, 0.15) is 22.8 Å². The first kappa shape index (κ1) is 19.1. The van der Waals surface area contributed by atoms with Crippen LogP contribution in [-0.2, 0) is 16.0 Å². The zero-order valence-corrected chi connectivity index (χ0v) is 17.0. The highest BCUT2D eigenvalue weighted by molar-refractivity contribution is 6.02. The Hall–Kier alpha value is -3.93. The Morgan fingerprint density at radius 1 is 1.00 bits per heavy atom. The number of amides is 1. The van der Waals surface area contributed by atoms with Crippen molar-refractivity contribution in [3.8, 4) is 11.4 Å². The first-order chi connectivity index (χ1) is 15.1. The molecule has 6 nitrogen and oxygen atoms in total. The fourth-order valence-corrected chi connectivity index (χ4v) is 4.01. The second kappa shape index (κ2) is 7.72. The van der Waals surface area contributed by atoms with Crippen LogP contribution in [0.15, 0.2) is 72.8 Å². The van der Waals surface area contributed by atoms with Crippen molar-refractivity contribution < 1.29 is 14.3 Å². The minimum Gasteiger partial charge on any atom is -0.449 e. The molecule has 4 aromatic rings. The molecular weight excluding hydrogens is 390 g/mol. The molecule has 6 heteroatoms. The topological polar surface area (TPSA) is 75.3 Å². The van der Waals surface area contributed by atoms with Gasteiger partial charge in [-0.25, -0.2) is 9.78 Å². The Kier molecular flexibility index (Phi) is 4.75. The lowest BCUT2D eigenvalue weighted by atomic mass is 10.1. The number of fused-ring (bicyclic) bond motifs is 2. The van der Waals surface area contributed by atoms with E-state index < -0.39 is 12.1 Å². The lowest BCUT2D eigenvalue weighted by Crippen LogP contribution is -2.39. The molecule has 1 amide bonds. The molecule has 1 aliphatic rings. The molecule has 1 aromatic heterocycles. The average Bonchev–Trinajstić information content (AvgIpc) is 3.43. The number of imidazole rings is 1. The molecule has 0 aliphatic carbocycles. The van der Waals surface area contributed by atoms with Gasteiger partial charge in [-0.05, 0) is 43.2 Å². The van der Waals surface area contributed by atoms with Crippen LogP contribution in [0.25, 0.3) is 22.4 Å². The number of anilines is 1. The summed E-state index contributed by atoms with van der Waals surface area (Å²) in [4.78, 5) is 35.5. The predicted octanol–water partition coefficient (Wildman–Crippen LogP) is 4.36. The summed E-state index contributed by atoms with van der Waals surface area (Å²) >= 11 is 0. The van der Waals surface area contributed by atoms with Crippen LogP contribution in [0, 0.1) is 0 Å². The highest BCUT2D eigenvalue weighted by atomic mass is 16.5. The minimum absolute atomic E-state index is 0.223. The molecular formula is C25H21N3O3. The molecule has 3 aromatic carbocycles. The monoisotopic (exact) mass is 411 g/mol. The van der Waals surface area contributed by atoms with Gasteiger partial charge in [0.05, 0.1) is 16.6 Å². The summed E-state index contributed by atoms with van der Waals surface area (Å²) in [6.07, 6.45) is -0.0975. The van der Waals surface area contributed by atoms with Crippen molar-refractivity contribution in [3.63, 3.8) is 0 Å². The van der Waals surface area contributed by atoms with Crippen LogP contribution in [-0.4, -0.2) is 34.5 Å². The molecule has 1 unspecified atom stereocenters. The number of rotatable bonds is 4. The summed E-state index contributed by atoms with van der Waals surface area (Å²) in [6, 6.07) is 22.6. The van der Waals surface area contributed by atoms with E-state index in [4.69, 9.17) is 4.74 Å². The van der Waals surface area contributed by atoms with Crippen LogP contribution in [0.5, 0.6) is 0 Å². The smallest absolute Gasteiger partial charge is 0.339 e. The van der Waals surface area contributed by atoms with E-state index in [1.165, 1.54) is 0 Å². The van der Waals surface area contributed by atoms with Crippen LogP contribution < -0.4 is 4.90 Å². The number of aromatic amines is 1. The van der Waals surface area contributed by atoms with Crippen molar-refractivity contribution in [2.75, 3.05) is 11.4 Å². The van der Waals surface area contributed by atoms with Gasteiger partial charge in [-0.1, -0.05) is 48.5 Å². The normalized spacial score (nSPS) is 13.8. The number of benzene rings is 3. The minimum atomic E-state index is -0.901. The molecule has 154 valence electrons. The zero-order valence-electron chi connectivity index (χ0n) is 17.0. The highest BCUT2D eigenvalue weighted by Crippen LogP contribution is 2.29. The number of esters is 1. The third-order valence-electron chi connectivity index (χ3n) is 5.58. The standard InChI is InChI=1S/C25H21N3O3/c1-16(24(29)28-15-14-17-8-2-7-13-22(17)28)31-25(30)19-10-4-3-9-18(19)23-26-20-11-5-6-12-21(20)27-23/h2-13,16H,14-15H2,1H3,(H,26,27). The maximum atomic E-state index is 13.0. The average molecular weight is 411 g/mol. The lowest BCUT2D eigenvalue weighted by Gasteiger charge is -2.22. The molecule has 5 rings (SSSR count). The van der Waals surface area contributed by atoms with Gasteiger partial charge < -0.3 is 14.6 Å². The molecule has 1 N–H and O–H groups in total. The molecule has 1 aliphatic heterocycles. The number of para-hydroxylation sites is 3. The van der Waals surface area contributed by atoms with Gasteiger partial charge in [0, 0.05) is 17.8 Å². The fraction of sp³-hybridized carbons (Fsp3) is 0.160. The quantitative estimate of drug-likeness (QED) is 0.506. The second-order valence-corrected chi connectivity index (χ2v) is 7.56. The molecule has 0 bridgehead atoms. The number of nitrogens with one attached hydrogen (secondary N) is 1. The molecule has 31 heavy (non-hydrogen) atoms. The zero-order chi connectivity index (χ0) is 21.4. The van der Waals surface area contributed by atoms with E-state index in [0.29, 0.717) is 23.5 Å². The number of hydrogen-bond acceptors (Lipinski definition) is 4. The Balaban J connectivity index is 1.38. The number of nitrogens with zero attached hydrogens (tertiary/aromatic N) is 2. The van der Waals surface area contributed by atoms with E-state index in [9.17, 15) is 9.59 Å². The molecule has 1 atom stereocenters. The number of carbonyl (C=O) groups excluding carboxylic acids is 2. The van der Waals surface area contributed by atoms with E-state index in [-0.39, 0.29) is 5.91 Å². The van der Waals surface area contributed by atoms with E-state index >= 15 is 0 Å². The summed E-state index contributed by atoms with van der Waals surface area (Å²) in [7, 11) is 0. The predicted molar refractivity (Wildman–Crippen MR) is 119 cm³/mol. The number of aromatic nitrogens is 2. The maximum absolute atomic E-state index is 13.0. The third kappa shape index (κ3) is 3.46. The van der Waals surface area contributed by atoms with Crippen LogP contribution in [0.3, 0.4) is 0 Å². The van der Waals surface area contributed by atoms with Gasteiger partial charge in [0.15, 0.2) is 6.10 Å². The SMILES string of the molecule is CC(OC(=O)c1ccccc1-c1nc2ccccc2[nH]1)C(=O)N1CCc2ccccc21. The molecule has 0 radical (unpaired) electrons. The van der Waals surface area contributed by atoms with E-state index in [0.717, 1.165) is 28.7 Å². The van der Waals surface area contributed by atoms with Crippen molar-refractivity contribution in [2.45, 2.75) is 19.4 Å². The third-order valence-corrected chi connectivity index (χ3v) is 5.58. The largest absolute Gasteiger partial charge is 0.449 e. The first-order valence-electron chi connectivity index (χ1n) is 10.3. The van der Waals surface area contributed by atoms with Crippen molar-refractivity contribution in [3.05, 3.63) is 83.9 Å². The molecule has 2 heterocycles. The molecule has 0 fully saturated rings. The molecule has 0 spiro atoms. The lowest BCUT2D eigenvalue weighted by molar-refractivity contribution is -0.126. The van der Waals surface area contributed by atoms with Crippen LogP contribution in [0.2, 0.25) is 0 Å². The highest BCUT2D eigenvalue weighted by Gasteiger charge is 2.30. The molecule has 0 saturated heterocycles. The maximum Gasteiger partial charge on any atom is 0.339 e. The number of ether oxygens (including phenoxy) is 1. The number of carbonyl (C=O) groups is 2. The summed E-state index contributed by atoms with van der Waals surface area (Å²) in [5.74, 6) is -0.190. The summed E-state index contributed by atoms with van der Waals surface area (Å²) < 4.78 is 5.59. The van der Waals surface area contributed by atoms with Gasteiger partial charge in [0.1, 0.15) is 5.82 Å². The Morgan fingerprint density at radius 3 is 2.61 bits per heavy atom. The van der Waals surface area contributed by atoms with E-state index in [1.54, 1.807) is 24.0 Å².